The van der Waals surface area contributed by atoms with Crippen LogP contribution < -0.4 is 4.72 Å². The van der Waals surface area contributed by atoms with E-state index in [4.69, 9.17) is 5.11 Å². The topological polar surface area (TPSA) is 83.5 Å². The minimum Gasteiger partial charge on any atom is -0.478 e. The summed E-state index contributed by atoms with van der Waals surface area (Å²) in [5.74, 6) is -3.80. The molecule has 0 atom stereocenters. The van der Waals surface area contributed by atoms with E-state index in [2.05, 4.69) is 4.72 Å². The fourth-order valence-corrected chi connectivity index (χ4v) is 2.97. The molecule has 22 heavy (non-hydrogen) atoms. The molecule has 0 saturated carbocycles. The maximum Gasteiger partial charge on any atom is 0.338 e. The molecular formula is C14H11F2NO4S. The van der Waals surface area contributed by atoms with Gasteiger partial charge in [0.15, 0.2) is 11.6 Å². The Labute approximate surface area is 125 Å². The molecule has 5 nitrogen and oxygen atoms in total. The summed E-state index contributed by atoms with van der Waals surface area (Å²) in [6.07, 6.45) is 0. The number of aromatic carboxylic acids is 1. The van der Waals surface area contributed by atoms with E-state index >= 15 is 0 Å². The summed E-state index contributed by atoms with van der Waals surface area (Å²) in [6, 6.07) is 6.35. The Hall–Kier alpha value is -2.48. The van der Waals surface area contributed by atoms with Crippen LogP contribution in [-0.2, 0) is 10.0 Å². The van der Waals surface area contributed by atoms with Crippen molar-refractivity contribution in [3.63, 3.8) is 0 Å². The minimum absolute atomic E-state index is 0.155. The number of anilines is 1. The fraction of sp³-hybridized carbons (Fsp3) is 0.0714. The molecule has 0 radical (unpaired) electrons. The first kappa shape index (κ1) is 15.9. The first-order chi connectivity index (χ1) is 10.2. The third-order valence-electron chi connectivity index (χ3n) is 2.93. The number of rotatable bonds is 4. The highest BCUT2D eigenvalue weighted by Crippen LogP contribution is 2.23. The van der Waals surface area contributed by atoms with Crippen molar-refractivity contribution in [1.82, 2.24) is 0 Å². The zero-order valence-electron chi connectivity index (χ0n) is 11.3. The number of hydrogen-bond donors (Lipinski definition) is 2. The number of aryl methyl sites for hydroxylation is 1. The van der Waals surface area contributed by atoms with Crippen LogP contribution in [0.15, 0.2) is 41.3 Å². The maximum absolute atomic E-state index is 13.2. The molecule has 0 bridgehead atoms. The number of carboxylic acids is 1. The lowest BCUT2D eigenvalue weighted by Crippen LogP contribution is -2.16. The van der Waals surface area contributed by atoms with Gasteiger partial charge in [-0.05, 0) is 36.8 Å². The Morgan fingerprint density at radius 1 is 1.14 bits per heavy atom. The zero-order valence-corrected chi connectivity index (χ0v) is 12.1. The molecule has 0 heterocycles. The molecule has 0 unspecified atom stereocenters. The smallest absolute Gasteiger partial charge is 0.338 e. The van der Waals surface area contributed by atoms with E-state index in [9.17, 15) is 22.0 Å². The largest absolute Gasteiger partial charge is 0.478 e. The van der Waals surface area contributed by atoms with Crippen LogP contribution in [0.4, 0.5) is 14.5 Å². The van der Waals surface area contributed by atoms with Crippen molar-refractivity contribution in [3.05, 3.63) is 59.2 Å². The van der Waals surface area contributed by atoms with Crippen LogP contribution in [0.25, 0.3) is 0 Å². The monoisotopic (exact) mass is 327 g/mol. The second-order valence-corrected chi connectivity index (χ2v) is 6.17. The van der Waals surface area contributed by atoms with Crippen LogP contribution in [0.2, 0.25) is 0 Å². The summed E-state index contributed by atoms with van der Waals surface area (Å²) in [6.45, 7) is 1.51. The number of carboxylic acid groups (broad SMARTS) is 1. The second kappa shape index (κ2) is 5.72. The van der Waals surface area contributed by atoms with Gasteiger partial charge in [0.2, 0.25) is 0 Å². The van der Waals surface area contributed by atoms with Gasteiger partial charge in [-0.15, -0.1) is 0 Å². The first-order valence-corrected chi connectivity index (χ1v) is 7.51. The Morgan fingerprint density at radius 3 is 2.41 bits per heavy atom. The molecule has 0 aliphatic carbocycles. The van der Waals surface area contributed by atoms with Crippen molar-refractivity contribution in [2.45, 2.75) is 11.8 Å². The van der Waals surface area contributed by atoms with E-state index in [0.717, 1.165) is 6.07 Å². The number of hydrogen-bond acceptors (Lipinski definition) is 3. The fourth-order valence-electron chi connectivity index (χ4n) is 1.88. The van der Waals surface area contributed by atoms with Crippen molar-refractivity contribution in [2.24, 2.45) is 0 Å². The molecule has 0 fully saturated rings. The van der Waals surface area contributed by atoms with Gasteiger partial charge in [-0.3, -0.25) is 4.72 Å². The van der Waals surface area contributed by atoms with Crippen molar-refractivity contribution >= 4 is 21.7 Å². The van der Waals surface area contributed by atoms with Crippen molar-refractivity contribution in [2.75, 3.05) is 4.72 Å². The molecular weight excluding hydrogens is 316 g/mol. The summed E-state index contributed by atoms with van der Waals surface area (Å²) >= 11 is 0. The van der Waals surface area contributed by atoms with E-state index in [1.54, 1.807) is 0 Å². The standard InChI is InChI=1S/C14H11F2NO4S/c1-8-3-2-4-12(13(8)14(18)19)17-22(20,21)9-5-6-10(15)11(16)7-9/h2-7,17H,1H3,(H,18,19). The molecule has 2 aromatic rings. The predicted molar refractivity (Wildman–Crippen MR) is 75.3 cm³/mol. The van der Waals surface area contributed by atoms with E-state index in [0.29, 0.717) is 17.7 Å². The molecule has 0 spiro atoms. The summed E-state index contributed by atoms with van der Waals surface area (Å²) in [4.78, 5) is 10.7. The van der Waals surface area contributed by atoms with Crippen molar-refractivity contribution < 1.29 is 27.1 Å². The summed E-state index contributed by atoms with van der Waals surface area (Å²) in [7, 11) is -4.25. The minimum atomic E-state index is -4.25. The molecule has 0 amide bonds. The van der Waals surface area contributed by atoms with Gasteiger partial charge in [-0.25, -0.2) is 22.0 Å². The zero-order chi connectivity index (χ0) is 16.5. The van der Waals surface area contributed by atoms with Crippen molar-refractivity contribution in [3.8, 4) is 0 Å². The highest BCUT2D eigenvalue weighted by molar-refractivity contribution is 7.92. The quantitative estimate of drug-likeness (QED) is 0.904. The van der Waals surface area contributed by atoms with Crippen LogP contribution in [0, 0.1) is 18.6 Å². The second-order valence-electron chi connectivity index (χ2n) is 4.48. The third-order valence-corrected chi connectivity index (χ3v) is 4.30. The highest BCUT2D eigenvalue weighted by Gasteiger charge is 2.21. The normalized spacial score (nSPS) is 11.2. The highest BCUT2D eigenvalue weighted by atomic mass is 32.2. The molecule has 0 aliphatic heterocycles. The number of sulfonamides is 1. The average molecular weight is 327 g/mol. The van der Waals surface area contributed by atoms with E-state index in [1.165, 1.54) is 25.1 Å². The average Bonchev–Trinajstić information content (AvgIpc) is 2.40. The van der Waals surface area contributed by atoms with E-state index < -0.39 is 32.5 Å². The lowest BCUT2D eigenvalue weighted by Gasteiger charge is -2.12. The van der Waals surface area contributed by atoms with Crippen LogP contribution in [0.1, 0.15) is 15.9 Å². The lowest BCUT2D eigenvalue weighted by atomic mass is 10.1. The molecule has 2 rings (SSSR count). The van der Waals surface area contributed by atoms with Crippen LogP contribution >= 0.6 is 0 Å². The molecule has 0 saturated heterocycles. The Morgan fingerprint density at radius 2 is 1.82 bits per heavy atom. The van der Waals surface area contributed by atoms with Crippen LogP contribution in [0.3, 0.4) is 0 Å². The van der Waals surface area contributed by atoms with Gasteiger partial charge in [-0.1, -0.05) is 12.1 Å². The first-order valence-electron chi connectivity index (χ1n) is 6.03. The maximum atomic E-state index is 13.2. The third kappa shape index (κ3) is 3.06. The lowest BCUT2D eigenvalue weighted by molar-refractivity contribution is 0.0697. The van der Waals surface area contributed by atoms with Gasteiger partial charge in [0.1, 0.15) is 0 Å². The van der Waals surface area contributed by atoms with Crippen LogP contribution in [0.5, 0.6) is 0 Å². The SMILES string of the molecule is Cc1cccc(NS(=O)(=O)c2ccc(F)c(F)c2)c1C(=O)O. The summed E-state index contributed by atoms with van der Waals surface area (Å²) < 4.78 is 52.4. The molecule has 2 N–H and O–H groups in total. The van der Waals surface area contributed by atoms with E-state index in [1.807, 2.05) is 0 Å². The molecule has 2 aromatic carbocycles. The molecule has 0 aromatic heterocycles. The van der Waals surface area contributed by atoms with Gasteiger partial charge in [0.25, 0.3) is 10.0 Å². The summed E-state index contributed by atoms with van der Waals surface area (Å²) in [5, 5.41) is 9.15. The number of halogens is 2. The van der Waals surface area contributed by atoms with Gasteiger partial charge < -0.3 is 5.11 Å². The van der Waals surface area contributed by atoms with Gasteiger partial charge >= 0.3 is 5.97 Å². The van der Waals surface area contributed by atoms with E-state index in [-0.39, 0.29) is 11.3 Å². The molecule has 8 heteroatoms. The number of carbonyl (C=O) groups is 1. The molecule has 116 valence electrons. The molecule has 0 aliphatic rings. The predicted octanol–water partition coefficient (Wildman–Crippen LogP) is 2.77. The number of benzene rings is 2. The number of nitrogens with one attached hydrogen (secondary N) is 1. The Balaban J connectivity index is 2.48. The Kier molecular flexibility index (Phi) is 4.14. The van der Waals surface area contributed by atoms with Crippen LogP contribution in [-0.4, -0.2) is 19.5 Å². The summed E-state index contributed by atoms with van der Waals surface area (Å²) in [5.41, 5.74) is -0.0103. The Bertz CT molecular complexity index is 850. The van der Waals surface area contributed by atoms with Gasteiger partial charge in [0.05, 0.1) is 16.1 Å². The van der Waals surface area contributed by atoms with Crippen molar-refractivity contribution in [1.29, 1.82) is 0 Å². The van der Waals surface area contributed by atoms with Gasteiger partial charge in [-0.2, -0.15) is 0 Å². The van der Waals surface area contributed by atoms with Gasteiger partial charge in [0, 0.05) is 0 Å².